The monoisotopic (exact) mass is 351 g/mol. The molecule has 2 aromatic rings. The van der Waals surface area contributed by atoms with Gasteiger partial charge in [0.05, 0.1) is 30.7 Å². The lowest BCUT2D eigenvalue weighted by Gasteiger charge is -2.30. The molecule has 9 heteroatoms. The highest BCUT2D eigenvalue weighted by Crippen LogP contribution is 2.19. The molecule has 0 bridgehead atoms. The number of nitrogens with one attached hydrogen (secondary N) is 2. The Balaban J connectivity index is 1.67. The number of sulfonamides is 1. The quantitative estimate of drug-likeness (QED) is 0.818. The molecule has 130 valence electrons. The van der Waals surface area contributed by atoms with E-state index < -0.39 is 10.0 Å². The third-order valence-electron chi connectivity index (χ3n) is 3.97. The molecule has 2 heterocycles. The minimum Gasteiger partial charge on any atom is -0.378 e. The van der Waals surface area contributed by atoms with Gasteiger partial charge in [-0.3, -0.25) is 10.00 Å². The van der Waals surface area contributed by atoms with Crippen LogP contribution in [0.25, 0.3) is 0 Å². The molecular weight excluding hydrogens is 330 g/mol. The van der Waals surface area contributed by atoms with Crippen molar-refractivity contribution in [3.05, 3.63) is 41.5 Å². The first-order valence-electron chi connectivity index (χ1n) is 7.71. The molecule has 1 aromatic carbocycles. The van der Waals surface area contributed by atoms with Crippen LogP contribution in [-0.2, 0) is 21.3 Å². The van der Waals surface area contributed by atoms with Crippen LogP contribution in [0.15, 0.2) is 29.2 Å². The van der Waals surface area contributed by atoms with Crippen molar-refractivity contribution < 1.29 is 13.2 Å². The van der Waals surface area contributed by atoms with Crippen molar-refractivity contribution in [2.24, 2.45) is 0 Å². The van der Waals surface area contributed by atoms with E-state index in [0.717, 1.165) is 12.1 Å². The van der Waals surface area contributed by atoms with Crippen molar-refractivity contribution in [3.8, 4) is 0 Å². The van der Waals surface area contributed by atoms with Crippen molar-refractivity contribution in [3.63, 3.8) is 0 Å². The van der Waals surface area contributed by atoms with Crippen molar-refractivity contribution in [1.82, 2.24) is 24.8 Å². The predicted molar refractivity (Wildman–Crippen MR) is 87.8 cm³/mol. The normalized spacial score (nSPS) is 19.5. The Morgan fingerprint density at radius 1 is 1.46 bits per heavy atom. The molecule has 3 rings (SSSR count). The zero-order valence-corrected chi connectivity index (χ0v) is 14.5. The molecule has 1 aliphatic heterocycles. The van der Waals surface area contributed by atoms with Crippen molar-refractivity contribution in [2.45, 2.75) is 24.4 Å². The van der Waals surface area contributed by atoms with E-state index in [4.69, 9.17) is 4.74 Å². The Morgan fingerprint density at radius 3 is 3.04 bits per heavy atom. The molecule has 24 heavy (non-hydrogen) atoms. The van der Waals surface area contributed by atoms with Gasteiger partial charge in [-0.05, 0) is 31.7 Å². The number of benzene rings is 1. The van der Waals surface area contributed by atoms with Gasteiger partial charge in [-0.25, -0.2) is 18.1 Å². The van der Waals surface area contributed by atoms with Crippen molar-refractivity contribution >= 4 is 10.0 Å². The topological polar surface area (TPSA) is 100 Å². The Kier molecular flexibility index (Phi) is 4.95. The smallest absolute Gasteiger partial charge is 0.240 e. The summed E-state index contributed by atoms with van der Waals surface area (Å²) in [4.78, 5) is 6.74. The molecule has 1 unspecified atom stereocenters. The second kappa shape index (κ2) is 6.98. The third-order valence-corrected chi connectivity index (χ3v) is 5.37. The van der Waals surface area contributed by atoms with Gasteiger partial charge in [-0.15, -0.1) is 0 Å². The molecule has 1 aromatic heterocycles. The van der Waals surface area contributed by atoms with Crippen LogP contribution in [-0.4, -0.2) is 55.3 Å². The molecule has 1 fully saturated rings. The van der Waals surface area contributed by atoms with Crippen LogP contribution >= 0.6 is 0 Å². The van der Waals surface area contributed by atoms with Gasteiger partial charge >= 0.3 is 0 Å². The van der Waals surface area contributed by atoms with Gasteiger partial charge in [-0.2, -0.15) is 5.10 Å². The number of hydrogen-bond acceptors (Lipinski definition) is 6. The van der Waals surface area contributed by atoms with Crippen LogP contribution in [0, 0.1) is 6.92 Å². The van der Waals surface area contributed by atoms with Gasteiger partial charge in [-0.1, -0.05) is 12.1 Å². The van der Waals surface area contributed by atoms with Gasteiger partial charge < -0.3 is 4.74 Å². The number of nitrogens with zero attached hydrogens (tertiary/aromatic N) is 3. The predicted octanol–water partition coefficient (Wildman–Crippen LogP) is 0.595. The summed E-state index contributed by atoms with van der Waals surface area (Å²) in [6.07, 6.45) is 0. The van der Waals surface area contributed by atoms with E-state index in [-0.39, 0.29) is 17.5 Å². The van der Waals surface area contributed by atoms with Crippen molar-refractivity contribution in [1.29, 1.82) is 0 Å². The number of aromatic nitrogens is 3. The Labute approximate surface area is 141 Å². The van der Waals surface area contributed by atoms with E-state index in [1.807, 2.05) is 20.0 Å². The molecule has 1 saturated heterocycles. The van der Waals surface area contributed by atoms with Gasteiger partial charge in [0.1, 0.15) is 5.82 Å². The van der Waals surface area contributed by atoms with E-state index in [1.54, 1.807) is 18.2 Å². The van der Waals surface area contributed by atoms with Crippen LogP contribution in [0.3, 0.4) is 0 Å². The summed E-state index contributed by atoms with van der Waals surface area (Å²) in [5.74, 6) is 1.09. The fourth-order valence-electron chi connectivity index (χ4n) is 2.53. The fraction of sp³-hybridized carbons (Fsp3) is 0.467. The molecule has 1 atom stereocenters. The first kappa shape index (κ1) is 17.0. The first-order chi connectivity index (χ1) is 11.5. The summed E-state index contributed by atoms with van der Waals surface area (Å²) in [6, 6.07) is 6.75. The fourth-order valence-corrected chi connectivity index (χ4v) is 3.62. The van der Waals surface area contributed by atoms with E-state index >= 15 is 0 Å². The SMILES string of the molecule is Cc1cccc(S(=O)(=O)NCc2nc(C3COCCN3C)n[nH]2)c1. The molecule has 8 nitrogen and oxygen atoms in total. The minimum absolute atomic E-state index is 0.0165. The Morgan fingerprint density at radius 2 is 2.29 bits per heavy atom. The van der Waals surface area contributed by atoms with Gasteiger partial charge in [0, 0.05) is 6.54 Å². The molecule has 0 saturated carbocycles. The van der Waals surface area contributed by atoms with Crippen LogP contribution in [0.2, 0.25) is 0 Å². The maximum Gasteiger partial charge on any atom is 0.240 e. The number of aromatic amines is 1. The van der Waals surface area contributed by atoms with Gasteiger partial charge in [0.2, 0.25) is 10.0 Å². The van der Waals surface area contributed by atoms with Crippen LogP contribution in [0.1, 0.15) is 23.3 Å². The average Bonchev–Trinajstić information content (AvgIpc) is 3.02. The van der Waals surface area contributed by atoms with Gasteiger partial charge in [0.15, 0.2) is 5.82 Å². The Bertz CT molecular complexity index is 805. The minimum atomic E-state index is -3.58. The molecule has 1 aliphatic rings. The van der Waals surface area contributed by atoms with E-state index in [2.05, 4.69) is 24.8 Å². The summed E-state index contributed by atoms with van der Waals surface area (Å²) in [6.45, 7) is 3.95. The summed E-state index contributed by atoms with van der Waals surface area (Å²) in [7, 11) is -1.59. The third kappa shape index (κ3) is 3.81. The molecule has 2 N–H and O–H groups in total. The summed E-state index contributed by atoms with van der Waals surface area (Å²) >= 11 is 0. The van der Waals surface area contributed by atoms with Gasteiger partial charge in [0.25, 0.3) is 0 Å². The highest BCUT2D eigenvalue weighted by Gasteiger charge is 2.25. The molecule has 0 radical (unpaired) electrons. The highest BCUT2D eigenvalue weighted by atomic mass is 32.2. The lowest BCUT2D eigenvalue weighted by molar-refractivity contribution is 0.00193. The molecule has 0 aliphatic carbocycles. The number of ether oxygens (including phenoxy) is 1. The van der Waals surface area contributed by atoms with E-state index in [1.165, 1.54) is 0 Å². The maximum absolute atomic E-state index is 12.3. The van der Waals surface area contributed by atoms with Crippen LogP contribution in [0.5, 0.6) is 0 Å². The Hall–Kier alpha value is -1.81. The second-order valence-corrected chi connectivity index (χ2v) is 7.62. The molecule has 0 spiro atoms. The van der Waals surface area contributed by atoms with Crippen molar-refractivity contribution in [2.75, 3.05) is 26.8 Å². The summed E-state index contributed by atoms with van der Waals surface area (Å²) in [5, 5.41) is 6.97. The zero-order chi connectivity index (χ0) is 17.2. The molecular formula is C15H21N5O3S. The molecule has 0 amide bonds. The number of rotatable bonds is 5. The lowest BCUT2D eigenvalue weighted by atomic mass is 10.2. The standard InChI is InChI=1S/C15H21N5O3S/c1-11-4-3-5-12(8-11)24(21,22)16-9-14-17-15(19-18-14)13-10-23-7-6-20(13)2/h3-5,8,13,16H,6-7,9-10H2,1-2H3,(H,17,18,19). The number of morpholine rings is 1. The number of likely N-dealkylation sites (N-methyl/N-ethyl adjacent to an activating group) is 1. The van der Waals surface area contributed by atoms with E-state index in [9.17, 15) is 8.42 Å². The number of H-pyrrole nitrogens is 1. The number of hydrogen-bond donors (Lipinski definition) is 2. The zero-order valence-electron chi connectivity index (χ0n) is 13.7. The van der Waals surface area contributed by atoms with Crippen LogP contribution in [0.4, 0.5) is 0 Å². The second-order valence-electron chi connectivity index (χ2n) is 5.85. The largest absolute Gasteiger partial charge is 0.378 e. The van der Waals surface area contributed by atoms with E-state index in [0.29, 0.717) is 24.9 Å². The first-order valence-corrected chi connectivity index (χ1v) is 9.19. The van der Waals surface area contributed by atoms with Crippen LogP contribution < -0.4 is 4.72 Å². The summed E-state index contributed by atoms with van der Waals surface area (Å²) < 4.78 is 32.6. The lowest BCUT2D eigenvalue weighted by Crippen LogP contribution is -2.37. The summed E-state index contributed by atoms with van der Waals surface area (Å²) in [5.41, 5.74) is 0.889. The number of aryl methyl sites for hydroxylation is 1. The average molecular weight is 351 g/mol. The highest BCUT2D eigenvalue weighted by molar-refractivity contribution is 7.89. The maximum atomic E-state index is 12.3.